The molecule has 4 heterocycles. The lowest BCUT2D eigenvalue weighted by molar-refractivity contribution is 0.0559. The van der Waals surface area contributed by atoms with Crippen molar-refractivity contribution >= 4 is 16.9 Å². The summed E-state index contributed by atoms with van der Waals surface area (Å²) in [5.41, 5.74) is 0.587. The molecular weight excluding hydrogens is 398 g/mol. The van der Waals surface area contributed by atoms with Gasteiger partial charge in [-0.3, -0.25) is 4.79 Å². The fourth-order valence-electron chi connectivity index (χ4n) is 3.71. The van der Waals surface area contributed by atoms with E-state index >= 15 is 0 Å². The van der Waals surface area contributed by atoms with Crippen LogP contribution in [0, 0.1) is 0 Å². The monoisotopic (exact) mass is 419 g/mol. The summed E-state index contributed by atoms with van der Waals surface area (Å²) < 4.78 is 18.7. The molecule has 31 heavy (non-hydrogen) atoms. The van der Waals surface area contributed by atoms with Gasteiger partial charge in [0, 0.05) is 49.8 Å². The van der Waals surface area contributed by atoms with E-state index in [1.165, 1.54) is 0 Å². The van der Waals surface area contributed by atoms with Crippen LogP contribution in [0.4, 0.5) is 0 Å². The van der Waals surface area contributed by atoms with E-state index in [-0.39, 0.29) is 12.0 Å². The number of furan rings is 1. The predicted octanol–water partition coefficient (Wildman–Crippen LogP) is 3.10. The van der Waals surface area contributed by atoms with Crippen LogP contribution in [0.5, 0.6) is 11.6 Å². The van der Waals surface area contributed by atoms with Gasteiger partial charge in [-0.05, 0) is 24.3 Å². The molecule has 0 unspecified atom stereocenters. The van der Waals surface area contributed by atoms with Crippen molar-refractivity contribution in [2.45, 2.75) is 18.9 Å². The van der Waals surface area contributed by atoms with Crippen LogP contribution in [0.25, 0.3) is 16.8 Å². The number of hydrogen-bond acceptors (Lipinski definition) is 7. The number of amides is 1. The topological polar surface area (TPSA) is 95.5 Å². The first-order chi connectivity index (χ1) is 15.2. The SMILES string of the molecule is COc1cccc2cc(C(=O)N3CCC(Oc4ccc(-n5cccn5)nn4)CC3)oc12. The average Bonchev–Trinajstić information content (AvgIpc) is 3.50. The van der Waals surface area contributed by atoms with Gasteiger partial charge in [0.1, 0.15) is 6.10 Å². The maximum Gasteiger partial charge on any atom is 0.289 e. The number of benzene rings is 1. The molecule has 0 atom stereocenters. The van der Waals surface area contributed by atoms with Crippen molar-refractivity contribution in [2.75, 3.05) is 20.2 Å². The molecule has 9 heteroatoms. The Kier molecular flexibility index (Phi) is 4.99. The van der Waals surface area contributed by atoms with Crippen LogP contribution in [0.3, 0.4) is 0 Å². The zero-order valence-corrected chi connectivity index (χ0v) is 17.0. The first kappa shape index (κ1) is 19.1. The predicted molar refractivity (Wildman–Crippen MR) is 111 cm³/mol. The summed E-state index contributed by atoms with van der Waals surface area (Å²) in [6.45, 7) is 1.16. The first-order valence-electron chi connectivity index (χ1n) is 10.1. The Bertz CT molecular complexity index is 1180. The van der Waals surface area contributed by atoms with E-state index < -0.39 is 0 Å². The van der Waals surface area contributed by atoms with Crippen molar-refractivity contribution < 1.29 is 18.7 Å². The number of piperidine rings is 1. The molecule has 158 valence electrons. The van der Waals surface area contributed by atoms with Crippen LogP contribution in [0.2, 0.25) is 0 Å². The van der Waals surface area contributed by atoms with Crippen LogP contribution >= 0.6 is 0 Å². The summed E-state index contributed by atoms with van der Waals surface area (Å²) in [6, 6.07) is 12.8. The highest BCUT2D eigenvalue weighted by molar-refractivity contribution is 5.97. The molecule has 0 N–H and O–H groups in total. The number of likely N-dealkylation sites (tertiary alicyclic amines) is 1. The summed E-state index contributed by atoms with van der Waals surface area (Å²) in [5.74, 6) is 1.90. The summed E-state index contributed by atoms with van der Waals surface area (Å²) in [7, 11) is 1.58. The van der Waals surface area contributed by atoms with Crippen LogP contribution in [0.1, 0.15) is 23.4 Å². The van der Waals surface area contributed by atoms with Gasteiger partial charge in [0.15, 0.2) is 22.9 Å². The molecule has 1 aliphatic heterocycles. The van der Waals surface area contributed by atoms with E-state index in [4.69, 9.17) is 13.9 Å². The Morgan fingerprint density at radius 2 is 2.00 bits per heavy atom. The van der Waals surface area contributed by atoms with E-state index in [0.717, 1.165) is 5.39 Å². The summed E-state index contributed by atoms with van der Waals surface area (Å²) in [4.78, 5) is 14.7. The normalized spacial score (nSPS) is 14.7. The smallest absolute Gasteiger partial charge is 0.289 e. The lowest BCUT2D eigenvalue weighted by Crippen LogP contribution is -2.41. The van der Waals surface area contributed by atoms with Crippen molar-refractivity contribution in [1.82, 2.24) is 24.9 Å². The average molecular weight is 419 g/mol. The fraction of sp³-hybridized carbons (Fsp3) is 0.273. The van der Waals surface area contributed by atoms with Gasteiger partial charge >= 0.3 is 0 Å². The van der Waals surface area contributed by atoms with E-state index in [1.54, 1.807) is 41.2 Å². The highest BCUT2D eigenvalue weighted by Crippen LogP contribution is 2.29. The highest BCUT2D eigenvalue weighted by atomic mass is 16.5. The minimum Gasteiger partial charge on any atom is -0.493 e. The quantitative estimate of drug-likeness (QED) is 0.490. The fourth-order valence-corrected chi connectivity index (χ4v) is 3.71. The summed E-state index contributed by atoms with van der Waals surface area (Å²) in [5, 5.41) is 13.2. The lowest BCUT2D eigenvalue weighted by atomic mass is 10.1. The van der Waals surface area contributed by atoms with Gasteiger partial charge in [-0.1, -0.05) is 12.1 Å². The van der Waals surface area contributed by atoms with Gasteiger partial charge in [0.2, 0.25) is 5.88 Å². The number of aromatic nitrogens is 4. The molecule has 9 nitrogen and oxygen atoms in total. The molecular formula is C22H21N5O4. The lowest BCUT2D eigenvalue weighted by Gasteiger charge is -2.31. The Morgan fingerprint density at radius 1 is 1.13 bits per heavy atom. The van der Waals surface area contributed by atoms with Crippen molar-refractivity contribution in [3.05, 3.63) is 60.6 Å². The molecule has 0 aliphatic carbocycles. The summed E-state index contributed by atoms with van der Waals surface area (Å²) in [6.07, 6.45) is 4.87. The second-order valence-corrected chi connectivity index (χ2v) is 7.28. The number of carbonyl (C=O) groups excluding carboxylic acids is 1. The van der Waals surface area contributed by atoms with Gasteiger partial charge in [-0.2, -0.15) is 5.10 Å². The number of carbonyl (C=O) groups is 1. The van der Waals surface area contributed by atoms with Crippen LogP contribution in [-0.2, 0) is 0 Å². The molecule has 0 spiro atoms. The third-order valence-corrected chi connectivity index (χ3v) is 5.32. The van der Waals surface area contributed by atoms with Gasteiger partial charge in [-0.15, -0.1) is 10.2 Å². The summed E-state index contributed by atoms with van der Waals surface area (Å²) >= 11 is 0. The molecule has 1 fully saturated rings. The molecule has 1 saturated heterocycles. The second kappa shape index (κ2) is 8.10. The van der Waals surface area contributed by atoms with Crippen LogP contribution in [0.15, 0.2) is 59.3 Å². The van der Waals surface area contributed by atoms with Gasteiger partial charge < -0.3 is 18.8 Å². The maximum atomic E-state index is 12.9. The number of methoxy groups -OCH3 is 1. The molecule has 0 radical (unpaired) electrons. The minimum atomic E-state index is -0.125. The van der Waals surface area contributed by atoms with Gasteiger partial charge in [0.05, 0.1) is 7.11 Å². The van der Waals surface area contributed by atoms with Crippen molar-refractivity contribution in [1.29, 1.82) is 0 Å². The van der Waals surface area contributed by atoms with Crippen molar-refractivity contribution in [3.8, 4) is 17.4 Å². The van der Waals surface area contributed by atoms with Crippen molar-refractivity contribution in [3.63, 3.8) is 0 Å². The van der Waals surface area contributed by atoms with E-state index in [0.29, 0.717) is 54.7 Å². The number of rotatable bonds is 5. The van der Waals surface area contributed by atoms with E-state index in [1.807, 2.05) is 30.3 Å². The molecule has 1 amide bonds. The van der Waals surface area contributed by atoms with Crippen LogP contribution in [-0.4, -0.2) is 57.1 Å². The number of nitrogens with zero attached hydrogens (tertiary/aromatic N) is 5. The molecule has 0 bridgehead atoms. The zero-order chi connectivity index (χ0) is 21.2. The highest BCUT2D eigenvalue weighted by Gasteiger charge is 2.27. The number of fused-ring (bicyclic) bond motifs is 1. The number of hydrogen-bond donors (Lipinski definition) is 0. The molecule has 4 aromatic rings. The van der Waals surface area contributed by atoms with Crippen LogP contribution < -0.4 is 9.47 Å². The standard InChI is InChI=1S/C22H21N5O4/c1-29-17-5-2-4-15-14-18(31-21(15)17)22(28)26-12-8-16(9-13-26)30-20-7-6-19(24-25-20)27-11-3-10-23-27/h2-7,10-11,14,16H,8-9,12-13H2,1H3. The third kappa shape index (κ3) is 3.81. The largest absolute Gasteiger partial charge is 0.493 e. The van der Waals surface area contributed by atoms with E-state index in [9.17, 15) is 4.79 Å². The Balaban J connectivity index is 1.20. The third-order valence-electron chi connectivity index (χ3n) is 5.32. The Hall–Kier alpha value is -3.88. The Labute approximate surface area is 178 Å². The molecule has 5 rings (SSSR count). The minimum absolute atomic E-state index is 0.0235. The maximum absolute atomic E-state index is 12.9. The first-order valence-corrected chi connectivity index (χ1v) is 10.1. The second-order valence-electron chi connectivity index (χ2n) is 7.28. The molecule has 1 aromatic carbocycles. The zero-order valence-electron chi connectivity index (χ0n) is 17.0. The molecule has 3 aromatic heterocycles. The number of ether oxygens (including phenoxy) is 2. The van der Waals surface area contributed by atoms with E-state index in [2.05, 4.69) is 15.3 Å². The number of para-hydroxylation sites is 1. The molecule has 1 aliphatic rings. The van der Waals surface area contributed by atoms with Gasteiger partial charge in [0.25, 0.3) is 5.91 Å². The molecule has 0 saturated carbocycles. The van der Waals surface area contributed by atoms with Gasteiger partial charge in [-0.25, -0.2) is 4.68 Å². The Morgan fingerprint density at radius 3 is 2.71 bits per heavy atom. The van der Waals surface area contributed by atoms with Crippen molar-refractivity contribution in [2.24, 2.45) is 0 Å².